The van der Waals surface area contributed by atoms with Gasteiger partial charge in [-0.1, -0.05) is 25.1 Å². The van der Waals surface area contributed by atoms with Gasteiger partial charge >= 0.3 is 0 Å². The highest BCUT2D eigenvalue weighted by Gasteiger charge is 2.25. The van der Waals surface area contributed by atoms with Gasteiger partial charge in [0.1, 0.15) is 12.4 Å². The molecule has 1 aromatic carbocycles. The molecule has 4 heteroatoms. The summed E-state index contributed by atoms with van der Waals surface area (Å²) < 4.78 is 5.63. The highest BCUT2D eigenvalue weighted by atomic mass is 16.5. The largest absolute Gasteiger partial charge is 0.492 e. The molecule has 1 aliphatic rings. The lowest BCUT2D eigenvalue weighted by Crippen LogP contribution is -2.39. The molecule has 104 valence electrons. The molecule has 0 bridgehead atoms. The molecule has 0 spiro atoms. The Kier molecular flexibility index (Phi) is 4.80. The Morgan fingerprint density at radius 2 is 2.32 bits per heavy atom. The van der Waals surface area contributed by atoms with E-state index in [1.165, 1.54) is 0 Å². The van der Waals surface area contributed by atoms with E-state index in [1.807, 2.05) is 24.3 Å². The smallest absolute Gasteiger partial charge is 0.226 e. The minimum atomic E-state index is -0.0834. The number of ether oxygens (including phenoxy) is 1. The highest BCUT2D eigenvalue weighted by molar-refractivity contribution is 5.79. The van der Waals surface area contributed by atoms with E-state index in [0.29, 0.717) is 25.6 Å². The highest BCUT2D eigenvalue weighted by Crippen LogP contribution is 2.26. The van der Waals surface area contributed by atoms with Gasteiger partial charge in [-0.25, -0.2) is 0 Å². The van der Waals surface area contributed by atoms with Crippen molar-refractivity contribution >= 4 is 5.91 Å². The van der Waals surface area contributed by atoms with Crippen LogP contribution in [0.5, 0.6) is 5.75 Å². The topological polar surface area (TPSA) is 64.3 Å². The minimum absolute atomic E-state index is 0.0818. The van der Waals surface area contributed by atoms with E-state index in [0.717, 1.165) is 24.2 Å². The fourth-order valence-electron chi connectivity index (χ4n) is 2.30. The summed E-state index contributed by atoms with van der Waals surface area (Å²) in [5.41, 5.74) is 6.61. The lowest BCUT2D eigenvalue weighted by Gasteiger charge is -2.25. The standard InChI is InChI=1S/C15H22N2O2/c1-11(6-7-16)9-17-15(18)13-8-12-4-2-3-5-14(12)19-10-13/h2-5,11,13H,6-10,16H2,1H3,(H,17,18). The van der Waals surface area contributed by atoms with E-state index in [-0.39, 0.29) is 11.8 Å². The quantitative estimate of drug-likeness (QED) is 0.841. The predicted octanol–water partition coefficient (Wildman–Crippen LogP) is 1.34. The molecule has 1 aliphatic heterocycles. The molecule has 2 unspecified atom stereocenters. The second-order valence-corrected chi connectivity index (χ2v) is 5.25. The number of para-hydroxylation sites is 1. The van der Waals surface area contributed by atoms with Gasteiger partial charge < -0.3 is 15.8 Å². The molecule has 0 saturated heterocycles. The van der Waals surface area contributed by atoms with Crippen LogP contribution >= 0.6 is 0 Å². The monoisotopic (exact) mass is 262 g/mol. The fourth-order valence-corrected chi connectivity index (χ4v) is 2.30. The van der Waals surface area contributed by atoms with E-state index in [2.05, 4.69) is 12.2 Å². The average Bonchev–Trinajstić information content (AvgIpc) is 2.44. The summed E-state index contributed by atoms with van der Waals surface area (Å²) in [6.07, 6.45) is 1.69. The van der Waals surface area contributed by atoms with Crippen LogP contribution in [-0.2, 0) is 11.2 Å². The first-order valence-corrected chi connectivity index (χ1v) is 6.89. The average molecular weight is 262 g/mol. The van der Waals surface area contributed by atoms with Crippen molar-refractivity contribution in [3.8, 4) is 5.75 Å². The molecule has 1 heterocycles. The number of nitrogens with two attached hydrogens (primary N) is 1. The van der Waals surface area contributed by atoms with Crippen molar-refractivity contribution in [2.45, 2.75) is 19.8 Å². The van der Waals surface area contributed by atoms with Crippen molar-refractivity contribution in [1.82, 2.24) is 5.32 Å². The second kappa shape index (κ2) is 6.57. The summed E-state index contributed by atoms with van der Waals surface area (Å²) in [5.74, 6) is 1.33. The fraction of sp³-hybridized carbons (Fsp3) is 0.533. The summed E-state index contributed by atoms with van der Waals surface area (Å²) in [6.45, 7) is 3.92. The first kappa shape index (κ1) is 13.9. The molecule has 0 saturated carbocycles. The molecule has 1 aromatic rings. The normalized spacial score (nSPS) is 19.2. The van der Waals surface area contributed by atoms with Gasteiger partial charge in [0.05, 0.1) is 5.92 Å². The maximum atomic E-state index is 12.1. The number of rotatable bonds is 5. The van der Waals surface area contributed by atoms with Crippen LogP contribution in [0.2, 0.25) is 0 Å². The molecule has 2 atom stereocenters. The number of hydrogen-bond donors (Lipinski definition) is 2. The molecule has 0 fully saturated rings. The van der Waals surface area contributed by atoms with Crippen LogP contribution in [0.1, 0.15) is 18.9 Å². The zero-order valence-electron chi connectivity index (χ0n) is 11.4. The van der Waals surface area contributed by atoms with Crippen molar-refractivity contribution in [2.24, 2.45) is 17.6 Å². The van der Waals surface area contributed by atoms with Crippen molar-refractivity contribution < 1.29 is 9.53 Å². The number of carbonyl (C=O) groups excluding carboxylic acids is 1. The number of fused-ring (bicyclic) bond motifs is 1. The molecule has 0 aromatic heterocycles. The Labute approximate surface area is 114 Å². The van der Waals surface area contributed by atoms with Gasteiger partial charge in [-0.3, -0.25) is 4.79 Å². The molecular weight excluding hydrogens is 240 g/mol. The van der Waals surface area contributed by atoms with Gasteiger partial charge in [0.15, 0.2) is 0 Å². The molecular formula is C15H22N2O2. The van der Waals surface area contributed by atoms with E-state index in [1.54, 1.807) is 0 Å². The Morgan fingerprint density at radius 1 is 1.53 bits per heavy atom. The van der Waals surface area contributed by atoms with E-state index in [4.69, 9.17) is 10.5 Å². The molecule has 0 aliphatic carbocycles. The Bertz CT molecular complexity index is 434. The Morgan fingerprint density at radius 3 is 3.11 bits per heavy atom. The van der Waals surface area contributed by atoms with Gasteiger partial charge in [-0.2, -0.15) is 0 Å². The Hall–Kier alpha value is -1.55. The number of nitrogens with one attached hydrogen (secondary N) is 1. The van der Waals surface area contributed by atoms with E-state index >= 15 is 0 Å². The summed E-state index contributed by atoms with van der Waals surface area (Å²) >= 11 is 0. The van der Waals surface area contributed by atoms with E-state index < -0.39 is 0 Å². The third-order valence-electron chi connectivity index (χ3n) is 3.53. The SMILES string of the molecule is CC(CCN)CNC(=O)C1COc2ccccc2C1. The predicted molar refractivity (Wildman–Crippen MR) is 75.0 cm³/mol. The van der Waals surface area contributed by atoms with Crippen LogP contribution in [0.15, 0.2) is 24.3 Å². The molecule has 1 amide bonds. The van der Waals surface area contributed by atoms with Crippen molar-refractivity contribution in [3.63, 3.8) is 0 Å². The zero-order valence-corrected chi connectivity index (χ0v) is 11.4. The molecule has 3 N–H and O–H groups in total. The summed E-state index contributed by atoms with van der Waals surface area (Å²) in [4.78, 5) is 12.1. The molecule has 4 nitrogen and oxygen atoms in total. The molecule has 0 radical (unpaired) electrons. The maximum absolute atomic E-state index is 12.1. The number of hydrogen-bond acceptors (Lipinski definition) is 3. The Balaban J connectivity index is 1.85. The van der Waals surface area contributed by atoms with Crippen LogP contribution in [0, 0.1) is 11.8 Å². The minimum Gasteiger partial charge on any atom is -0.492 e. The van der Waals surface area contributed by atoms with Crippen LogP contribution in [-0.4, -0.2) is 25.6 Å². The van der Waals surface area contributed by atoms with Crippen LogP contribution < -0.4 is 15.8 Å². The lowest BCUT2D eigenvalue weighted by atomic mass is 9.96. The van der Waals surface area contributed by atoms with Gasteiger partial charge in [0.25, 0.3) is 0 Å². The van der Waals surface area contributed by atoms with Crippen LogP contribution in [0.3, 0.4) is 0 Å². The third kappa shape index (κ3) is 3.70. The third-order valence-corrected chi connectivity index (χ3v) is 3.53. The van der Waals surface area contributed by atoms with Crippen LogP contribution in [0.25, 0.3) is 0 Å². The summed E-state index contributed by atoms with van der Waals surface area (Å²) in [6, 6.07) is 7.90. The first-order chi connectivity index (χ1) is 9.20. The molecule has 19 heavy (non-hydrogen) atoms. The van der Waals surface area contributed by atoms with Gasteiger partial charge in [0.2, 0.25) is 5.91 Å². The summed E-state index contributed by atoms with van der Waals surface area (Å²) in [7, 11) is 0. The zero-order chi connectivity index (χ0) is 13.7. The number of benzene rings is 1. The second-order valence-electron chi connectivity index (χ2n) is 5.25. The lowest BCUT2D eigenvalue weighted by molar-refractivity contribution is -0.126. The molecule has 2 rings (SSSR count). The van der Waals surface area contributed by atoms with Gasteiger partial charge in [-0.15, -0.1) is 0 Å². The van der Waals surface area contributed by atoms with Crippen molar-refractivity contribution in [2.75, 3.05) is 19.7 Å². The summed E-state index contributed by atoms with van der Waals surface area (Å²) in [5, 5.41) is 2.99. The van der Waals surface area contributed by atoms with E-state index in [9.17, 15) is 4.79 Å². The maximum Gasteiger partial charge on any atom is 0.226 e. The van der Waals surface area contributed by atoms with Gasteiger partial charge in [-0.05, 0) is 36.9 Å². The van der Waals surface area contributed by atoms with Crippen molar-refractivity contribution in [1.29, 1.82) is 0 Å². The van der Waals surface area contributed by atoms with Gasteiger partial charge in [0, 0.05) is 6.54 Å². The van der Waals surface area contributed by atoms with Crippen molar-refractivity contribution in [3.05, 3.63) is 29.8 Å². The number of carbonyl (C=O) groups is 1. The first-order valence-electron chi connectivity index (χ1n) is 6.89. The number of amides is 1. The van der Waals surface area contributed by atoms with Crippen LogP contribution in [0.4, 0.5) is 0 Å².